The van der Waals surface area contributed by atoms with E-state index in [1.165, 1.54) is 16.7 Å². The first-order valence-electron chi connectivity index (χ1n) is 7.26. The number of ether oxygens (including phenoxy) is 2. The van der Waals surface area contributed by atoms with Gasteiger partial charge in [-0.2, -0.15) is 0 Å². The highest BCUT2D eigenvalue weighted by Gasteiger charge is 2.58. The summed E-state index contributed by atoms with van der Waals surface area (Å²) in [6.45, 7) is 1.15. The number of carbonyl (C=O) groups is 1. The maximum Gasteiger partial charge on any atom is 0.293 e. The third kappa shape index (κ3) is 2.09. The lowest BCUT2D eigenvalue weighted by Crippen LogP contribution is -2.05. The molecule has 0 saturated heterocycles. The van der Waals surface area contributed by atoms with Gasteiger partial charge >= 0.3 is 0 Å². The summed E-state index contributed by atoms with van der Waals surface area (Å²) in [6.07, 6.45) is 1.03. The molecule has 3 nitrogen and oxygen atoms in total. The van der Waals surface area contributed by atoms with Crippen LogP contribution in [0.2, 0.25) is 0 Å². The molecule has 3 atom stereocenters. The largest absolute Gasteiger partial charge is 0.489 e. The van der Waals surface area contributed by atoms with E-state index in [-0.39, 0.29) is 6.10 Å². The van der Waals surface area contributed by atoms with Crippen molar-refractivity contribution in [2.45, 2.75) is 25.0 Å². The molecule has 21 heavy (non-hydrogen) atoms. The van der Waals surface area contributed by atoms with E-state index in [1.807, 2.05) is 30.3 Å². The fourth-order valence-electron chi connectivity index (χ4n) is 3.46. The SMILES string of the molecule is O=CO[C@@H]1[C@H]2Cc3c(OCc4ccccc4)cccc3[C@H]21. The minimum Gasteiger partial charge on any atom is -0.489 e. The van der Waals surface area contributed by atoms with Crippen LogP contribution in [0.5, 0.6) is 5.75 Å². The molecule has 0 heterocycles. The molecule has 4 rings (SSSR count). The van der Waals surface area contributed by atoms with Gasteiger partial charge in [0.25, 0.3) is 6.47 Å². The Bertz CT molecular complexity index is 665. The number of fused-ring (bicyclic) bond motifs is 3. The van der Waals surface area contributed by atoms with Crippen molar-refractivity contribution in [3.8, 4) is 5.75 Å². The van der Waals surface area contributed by atoms with Crippen molar-refractivity contribution in [1.29, 1.82) is 0 Å². The lowest BCUT2D eigenvalue weighted by molar-refractivity contribution is -0.130. The summed E-state index contributed by atoms with van der Waals surface area (Å²) in [5.74, 6) is 1.80. The van der Waals surface area contributed by atoms with Crippen molar-refractivity contribution in [1.82, 2.24) is 0 Å². The summed E-state index contributed by atoms with van der Waals surface area (Å²) in [7, 11) is 0. The topological polar surface area (TPSA) is 35.5 Å². The van der Waals surface area contributed by atoms with Gasteiger partial charge in [-0.05, 0) is 29.2 Å². The molecule has 0 aromatic heterocycles. The van der Waals surface area contributed by atoms with Crippen LogP contribution in [0, 0.1) is 5.92 Å². The van der Waals surface area contributed by atoms with Gasteiger partial charge in [-0.15, -0.1) is 0 Å². The summed E-state index contributed by atoms with van der Waals surface area (Å²) in [5, 5.41) is 0. The third-order valence-electron chi connectivity index (χ3n) is 4.51. The summed E-state index contributed by atoms with van der Waals surface area (Å²) in [5.41, 5.74) is 3.74. The van der Waals surface area contributed by atoms with E-state index in [2.05, 4.69) is 18.2 Å². The van der Waals surface area contributed by atoms with Crippen LogP contribution in [0.4, 0.5) is 0 Å². The van der Waals surface area contributed by atoms with Crippen molar-refractivity contribution in [2.24, 2.45) is 5.92 Å². The summed E-state index contributed by atoms with van der Waals surface area (Å²) in [4.78, 5) is 10.5. The minimum atomic E-state index is 0.0828. The van der Waals surface area contributed by atoms with Gasteiger partial charge in [-0.3, -0.25) is 4.79 Å². The van der Waals surface area contributed by atoms with Crippen LogP contribution in [-0.2, 0) is 22.6 Å². The Labute approximate surface area is 123 Å². The van der Waals surface area contributed by atoms with Crippen molar-refractivity contribution in [3.05, 3.63) is 65.2 Å². The number of benzene rings is 2. The normalized spacial score (nSPS) is 24.9. The van der Waals surface area contributed by atoms with E-state index in [4.69, 9.17) is 9.47 Å². The smallest absolute Gasteiger partial charge is 0.293 e. The van der Waals surface area contributed by atoms with Gasteiger partial charge in [0.05, 0.1) is 0 Å². The Kier molecular flexibility index (Phi) is 2.92. The third-order valence-corrected chi connectivity index (χ3v) is 4.51. The molecule has 0 N–H and O–H groups in total. The van der Waals surface area contributed by atoms with Crippen molar-refractivity contribution < 1.29 is 14.3 Å². The van der Waals surface area contributed by atoms with E-state index < -0.39 is 0 Å². The number of rotatable bonds is 5. The molecule has 2 aromatic carbocycles. The van der Waals surface area contributed by atoms with E-state index in [0.717, 1.165) is 12.2 Å². The number of carbonyl (C=O) groups excluding carboxylic acids is 1. The van der Waals surface area contributed by atoms with Gasteiger partial charge in [-0.25, -0.2) is 0 Å². The van der Waals surface area contributed by atoms with Gasteiger partial charge in [0.2, 0.25) is 0 Å². The standard InChI is InChI=1S/C18H16O3/c19-11-21-18-15-9-14-13(17(15)18)7-4-8-16(14)20-10-12-5-2-1-3-6-12/h1-8,11,15,17-18H,9-10H2/t15-,17+,18+/m0/s1. The van der Waals surface area contributed by atoms with E-state index in [1.54, 1.807) is 0 Å². The second-order valence-corrected chi connectivity index (χ2v) is 5.69. The zero-order valence-corrected chi connectivity index (χ0v) is 11.6. The van der Waals surface area contributed by atoms with Crippen LogP contribution in [0.3, 0.4) is 0 Å². The fourth-order valence-corrected chi connectivity index (χ4v) is 3.46. The molecule has 0 radical (unpaired) electrons. The fraction of sp³-hybridized carbons (Fsp3) is 0.278. The Morgan fingerprint density at radius 3 is 2.76 bits per heavy atom. The predicted molar refractivity (Wildman–Crippen MR) is 78.1 cm³/mol. The van der Waals surface area contributed by atoms with Crippen LogP contribution in [0.1, 0.15) is 22.6 Å². The molecule has 0 bridgehead atoms. The van der Waals surface area contributed by atoms with E-state index >= 15 is 0 Å². The van der Waals surface area contributed by atoms with Gasteiger partial charge < -0.3 is 9.47 Å². The number of hydrogen-bond donors (Lipinski definition) is 0. The Balaban J connectivity index is 1.51. The molecule has 2 aliphatic rings. The second-order valence-electron chi connectivity index (χ2n) is 5.69. The highest BCUT2D eigenvalue weighted by Crippen LogP contribution is 2.59. The predicted octanol–water partition coefficient (Wildman–Crippen LogP) is 3.08. The van der Waals surface area contributed by atoms with E-state index in [9.17, 15) is 4.79 Å². The molecule has 2 aromatic rings. The molecule has 0 amide bonds. The molecule has 0 spiro atoms. The van der Waals surface area contributed by atoms with E-state index in [0.29, 0.717) is 24.9 Å². The zero-order chi connectivity index (χ0) is 14.2. The first-order chi connectivity index (χ1) is 10.4. The molecule has 1 fully saturated rings. The number of hydrogen-bond acceptors (Lipinski definition) is 3. The molecule has 2 aliphatic carbocycles. The average molecular weight is 280 g/mol. The maximum absolute atomic E-state index is 10.5. The van der Waals surface area contributed by atoms with Crippen LogP contribution in [0.15, 0.2) is 48.5 Å². The summed E-state index contributed by atoms with van der Waals surface area (Å²) >= 11 is 0. The molecule has 0 unspecified atom stereocenters. The van der Waals surface area contributed by atoms with Crippen LogP contribution >= 0.6 is 0 Å². The monoisotopic (exact) mass is 280 g/mol. The average Bonchev–Trinajstić information content (AvgIpc) is 3.04. The summed E-state index contributed by atoms with van der Waals surface area (Å²) < 4.78 is 11.1. The highest BCUT2D eigenvalue weighted by atomic mass is 16.5. The van der Waals surface area contributed by atoms with Crippen molar-refractivity contribution >= 4 is 6.47 Å². The highest BCUT2D eigenvalue weighted by molar-refractivity contribution is 5.53. The minimum absolute atomic E-state index is 0.0828. The van der Waals surface area contributed by atoms with Gasteiger partial charge in [0.15, 0.2) is 0 Å². The Morgan fingerprint density at radius 2 is 1.95 bits per heavy atom. The maximum atomic E-state index is 10.5. The summed E-state index contributed by atoms with van der Waals surface area (Å²) in [6, 6.07) is 16.4. The molecular formula is C18H16O3. The lowest BCUT2D eigenvalue weighted by atomic mass is 10.0. The van der Waals surface area contributed by atoms with Crippen LogP contribution < -0.4 is 4.74 Å². The first-order valence-corrected chi connectivity index (χ1v) is 7.26. The quantitative estimate of drug-likeness (QED) is 0.790. The van der Waals surface area contributed by atoms with Crippen molar-refractivity contribution in [2.75, 3.05) is 0 Å². The lowest BCUT2D eigenvalue weighted by Gasteiger charge is -2.13. The first kappa shape index (κ1) is 12.5. The molecule has 1 saturated carbocycles. The molecule has 0 aliphatic heterocycles. The molecular weight excluding hydrogens is 264 g/mol. The van der Waals surface area contributed by atoms with Crippen LogP contribution in [-0.4, -0.2) is 12.6 Å². The van der Waals surface area contributed by atoms with Crippen molar-refractivity contribution in [3.63, 3.8) is 0 Å². The van der Waals surface area contributed by atoms with Gasteiger partial charge in [-0.1, -0.05) is 42.5 Å². The zero-order valence-electron chi connectivity index (χ0n) is 11.6. The Hall–Kier alpha value is -2.29. The Morgan fingerprint density at radius 1 is 1.10 bits per heavy atom. The molecule has 106 valence electrons. The van der Waals surface area contributed by atoms with Gasteiger partial charge in [0.1, 0.15) is 18.5 Å². The van der Waals surface area contributed by atoms with Gasteiger partial charge in [0, 0.05) is 11.8 Å². The molecule has 3 heteroatoms. The second kappa shape index (κ2) is 4.92. The van der Waals surface area contributed by atoms with Crippen LogP contribution in [0.25, 0.3) is 0 Å².